The third-order valence-electron chi connectivity index (χ3n) is 3.85. The van der Waals surface area contributed by atoms with Crippen LogP contribution in [0.2, 0.25) is 0 Å². The molecule has 0 unspecified atom stereocenters. The molecular weight excluding hydrogens is 294 g/mol. The molecule has 0 rings (SSSR count). The number of rotatable bonds is 13. The fraction of sp³-hybridized carbons (Fsp3) is 0.889. The highest BCUT2D eigenvalue weighted by Crippen LogP contribution is 2.11. The van der Waals surface area contributed by atoms with Gasteiger partial charge in [0.15, 0.2) is 0 Å². The molecule has 0 radical (unpaired) electrons. The molecule has 0 heterocycles. The lowest BCUT2D eigenvalue weighted by Gasteiger charge is -2.26. The maximum atomic E-state index is 12.0. The lowest BCUT2D eigenvalue weighted by Crippen LogP contribution is -2.44. The molecule has 0 aromatic heterocycles. The quantitative estimate of drug-likeness (QED) is 0.368. The zero-order valence-corrected chi connectivity index (χ0v) is 15.4. The third kappa shape index (κ3) is 10.2. The van der Waals surface area contributed by atoms with E-state index in [0.29, 0.717) is 19.8 Å². The number of amides is 1. The molecule has 1 atom stereocenters. The molecular formula is C18H35NO4. The van der Waals surface area contributed by atoms with Gasteiger partial charge in [-0.25, -0.2) is 9.59 Å². The highest BCUT2D eigenvalue weighted by Gasteiger charge is 2.27. The van der Waals surface area contributed by atoms with Gasteiger partial charge in [-0.3, -0.25) is 4.90 Å². The fourth-order valence-electron chi connectivity index (χ4n) is 2.46. The van der Waals surface area contributed by atoms with Gasteiger partial charge in [0.05, 0.1) is 13.2 Å². The van der Waals surface area contributed by atoms with E-state index in [1.54, 1.807) is 20.8 Å². The van der Waals surface area contributed by atoms with Crippen molar-refractivity contribution in [3.05, 3.63) is 0 Å². The minimum atomic E-state index is -0.599. The van der Waals surface area contributed by atoms with E-state index in [1.165, 1.54) is 43.4 Å². The summed E-state index contributed by atoms with van der Waals surface area (Å²) in [5, 5.41) is 0. The Morgan fingerprint density at radius 1 is 0.826 bits per heavy atom. The van der Waals surface area contributed by atoms with Crippen LogP contribution >= 0.6 is 0 Å². The van der Waals surface area contributed by atoms with Crippen LogP contribution in [0.3, 0.4) is 0 Å². The number of hydrogen-bond donors (Lipinski definition) is 0. The van der Waals surface area contributed by atoms with Gasteiger partial charge in [0, 0.05) is 6.54 Å². The first-order chi connectivity index (χ1) is 11.1. The van der Waals surface area contributed by atoms with Crippen molar-refractivity contribution in [1.29, 1.82) is 0 Å². The molecule has 0 aliphatic rings. The molecule has 0 aliphatic carbocycles. The van der Waals surface area contributed by atoms with Gasteiger partial charge in [-0.15, -0.1) is 0 Å². The van der Waals surface area contributed by atoms with Gasteiger partial charge >= 0.3 is 12.1 Å². The highest BCUT2D eigenvalue weighted by molar-refractivity contribution is 5.81. The molecule has 0 fully saturated rings. The Bertz CT molecular complexity index is 320. The Kier molecular flexibility index (Phi) is 13.6. The van der Waals surface area contributed by atoms with Crippen LogP contribution in [0.1, 0.15) is 79.1 Å². The summed E-state index contributed by atoms with van der Waals surface area (Å²) in [5.41, 5.74) is 0. The summed E-state index contributed by atoms with van der Waals surface area (Å²) in [6, 6.07) is -0.599. The first kappa shape index (κ1) is 21.7. The van der Waals surface area contributed by atoms with Crippen LogP contribution in [0.25, 0.3) is 0 Å². The Hall–Kier alpha value is -1.26. The number of carbonyl (C=O) groups is 2. The topological polar surface area (TPSA) is 55.8 Å². The summed E-state index contributed by atoms with van der Waals surface area (Å²) in [6.07, 6.45) is 9.11. The molecule has 0 bridgehead atoms. The average molecular weight is 329 g/mol. The normalized spacial score (nSPS) is 11.8. The van der Waals surface area contributed by atoms with Crippen LogP contribution in [0.4, 0.5) is 4.79 Å². The van der Waals surface area contributed by atoms with Gasteiger partial charge in [-0.1, -0.05) is 51.9 Å². The number of hydrogen-bond acceptors (Lipinski definition) is 4. The van der Waals surface area contributed by atoms with E-state index >= 15 is 0 Å². The SMILES string of the molecule is CCCCCCCCCCN(C(=O)OCC)[C@@H](C)C(=O)OCC. The highest BCUT2D eigenvalue weighted by atomic mass is 16.6. The van der Waals surface area contributed by atoms with Crippen molar-refractivity contribution in [1.82, 2.24) is 4.90 Å². The number of unbranched alkanes of at least 4 members (excludes halogenated alkanes) is 7. The Morgan fingerprint density at radius 3 is 1.87 bits per heavy atom. The molecule has 0 saturated heterocycles. The first-order valence-electron chi connectivity index (χ1n) is 9.18. The second-order valence-electron chi connectivity index (χ2n) is 5.80. The van der Waals surface area contributed by atoms with Crippen molar-refractivity contribution in [2.75, 3.05) is 19.8 Å². The van der Waals surface area contributed by atoms with E-state index in [1.807, 2.05) is 0 Å². The average Bonchev–Trinajstić information content (AvgIpc) is 2.53. The summed E-state index contributed by atoms with van der Waals surface area (Å²) < 4.78 is 10.1. The van der Waals surface area contributed by atoms with Crippen LogP contribution in [0.15, 0.2) is 0 Å². The summed E-state index contributed by atoms with van der Waals surface area (Å²) >= 11 is 0. The van der Waals surface area contributed by atoms with E-state index in [2.05, 4.69) is 6.92 Å². The molecule has 0 aromatic rings. The lowest BCUT2D eigenvalue weighted by atomic mass is 10.1. The third-order valence-corrected chi connectivity index (χ3v) is 3.85. The minimum Gasteiger partial charge on any atom is -0.464 e. The number of carbonyl (C=O) groups excluding carboxylic acids is 2. The van der Waals surface area contributed by atoms with Crippen LogP contribution in [0.5, 0.6) is 0 Å². The van der Waals surface area contributed by atoms with Crippen molar-refractivity contribution in [2.24, 2.45) is 0 Å². The van der Waals surface area contributed by atoms with E-state index in [0.717, 1.165) is 12.8 Å². The zero-order chi connectivity index (χ0) is 17.5. The van der Waals surface area contributed by atoms with E-state index in [-0.39, 0.29) is 5.97 Å². The largest absolute Gasteiger partial charge is 0.464 e. The standard InChI is InChI=1S/C18H35NO4/c1-5-8-9-10-11-12-13-14-15-19(18(21)23-7-3)16(4)17(20)22-6-2/h16H,5-15H2,1-4H3/t16-/m0/s1. The van der Waals surface area contributed by atoms with Gasteiger partial charge in [-0.05, 0) is 27.2 Å². The molecule has 0 spiro atoms. The van der Waals surface area contributed by atoms with Crippen molar-refractivity contribution in [3.8, 4) is 0 Å². The van der Waals surface area contributed by atoms with E-state index < -0.39 is 12.1 Å². The van der Waals surface area contributed by atoms with Crippen LogP contribution in [0, 0.1) is 0 Å². The van der Waals surface area contributed by atoms with E-state index in [4.69, 9.17) is 9.47 Å². The summed E-state index contributed by atoms with van der Waals surface area (Å²) in [4.78, 5) is 25.4. The number of esters is 1. The molecule has 0 aromatic carbocycles. The molecule has 1 amide bonds. The second kappa shape index (κ2) is 14.3. The van der Waals surface area contributed by atoms with Crippen LogP contribution in [-0.2, 0) is 14.3 Å². The summed E-state index contributed by atoms with van der Waals surface area (Å²) in [7, 11) is 0. The smallest absolute Gasteiger partial charge is 0.410 e. The van der Waals surface area contributed by atoms with Crippen molar-refractivity contribution in [3.63, 3.8) is 0 Å². The molecule has 23 heavy (non-hydrogen) atoms. The Morgan fingerprint density at radius 2 is 1.35 bits per heavy atom. The molecule has 136 valence electrons. The predicted octanol–water partition coefficient (Wildman–Crippen LogP) is 4.54. The predicted molar refractivity (Wildman–Crippen MR) is 92.4 cm³/mol. The second-order valence-corrected chi connectivity index (χ2v) is 5.80. The van der Waals surface area contributed by atoms with Gasteiger partial charge in [0.25, 0.3) is 0 Å². The van der Waals surface area contributed by atoms with Crippen LogP contribution < -0.4 is 0 Å². The number of nitrogens with zero attached hydrogens (tertiary/aromatic N) is 1. The fourth-order valence-corrected chi connectivity index (χ4v) is 2.46. The summed E-state index contributed by atoms with van der Waals surface area (Å²) in [5.74, 6) is -0.375. The molecule has 0 aliphatic heterocycles. The zero-order valence-electron chi connectivity index (χ0n) is 15.4. The van der Waals surface area contributed by atoms with Gasteiger partial charge < -0.3 is 9.47 Å². The summed E-state index contributed by atoms with van der Waals surface area (Å²) in [6.45, 7) is 8.60. The maximum absolute atomic E-state index is 12.0. The molecule has 5 nitrogen and oxygen atoms in total. The van der Waals surface area contributed by atoms with Gasteiger partial charge in [-0.2, -0.15) is 0 Å². The van der Waals surface area contributed by atoms with Crippen molar-refractivity contribution >= 4 is 12.1 Å². The molecule has 5 heteroatoms. The monoisotopic (exact) mass is 329 g/mol. The Balaban J connectivity index is 4.17. The van der Waals surface area contributed by atoms with E-state index in [9.17, 15) is 9.59 Å². The van der Waals surface area contributed by atoms with Crippen LogP contribution in [-0.4, -0.2) is 42.8 Å². The Labute approximate surface area is 141 Å². The lowest BCUT2D eigenvalue weighted by molar-refractivity contribution is -0.148. The minimum absolute atomic E-state index is 0.308. The van der Waals surface area contributed by atoms with Gasteiger partial charge in [0.2, 0.25) is 0 Å². The molecule has 0 saturated carbocycles. The first-order valence-corrected chi connectivity index (χ1v) is 9.18. The number of ether oxygens (including phenoxy) is 2. The van der Waals surface area contributed by atoms with Crippen molar-refractivity contribution < 1.29 is 19.1 Å². The van der Waals surface area contributed by atoms with Gasteiger partial charge in [0.1, 0.15) is 6.04 Å². The molecule has 0 N–H and O–H groups in total. The maximum Gasteiger partial charge on any atom is 0.410 e. The van der Waals surface area contributed by atoms with Crippen molar-refractivity contribution in [2.45, 2.75) is 85.1 Å².